The molecule has 1 atom stereocenters. The van der Waals surface area contributed by atoms with Crippen LogP contribution in [0.3, 0.4) is 0 Å². The Morgan fingerprint density at radius 2 is 2.46 bits per heavy atom. The van der Waals surface area contributed by atoms with E-state index in [0.717, 1.165) is 0 Å². The minimum atomic E-state index is -0.727. The predicted octanol–water partition coefficient (Wildman–Crippen LogP) is 1.23. The van der Waals surface area contributed by atoms with Crippen molar-refractivity contribution in [2.75, 3.05) is 6.54 Å². The average molecular weight is 182 g/mol. The van der Waals surface area contributed by atoms with E-state index in [1.807, 2.05) is 6.07 Å². The number of halogens is 1. The lowest BCUT2D eigenvalue weighted by atomic mass is 10.2. The highest BCUT2D eigenvalue weighted by Gasteiger charge is 2.30. The molecule has 70 valence electrons. The largest absolute Gasteiger partial charge is 0.316 e. The number of carbonyl (C=O) groups excluding carboxylic acids is 1. The minimum absolute atomic E-state index is 0.0603. The molecular weight excluding hydrogens is 171 g/mol. The van der Waals surface area contributed by atoms with Crippen molar-refractivity contribution in [3.63, 3.8) is 0 Å². The van der Waals surface area contributed by atoms with Crippen molar-refractivity contribution in [1.29, 1.82) is 5.26 Å². The topological polar surface area (TPSA) is 44.1 Å². The Balaban J connectivity index is 2.75. The summed E-state index contributed by atoms with van der Waals surface area (Å²) < 4.78 is 12.8. The van der Waals surface area contributed by atoms with Crippen LogP contribution in [0.5, 0.6) is 0 Å². The first-order valence-electron chi connectivity index (χ1n) is 4.12. The lowest BCUT2D eigenvalue weighted by molar-refractivity contribution is -0.134. The van der Waals surface area contributed by atoms with Gasteiger partial charge in [-0.25, -0.2) is 4.39 Å². The van der Waals surface area contributed by atoms with Gasteiger partial charge in [-0.15, -0.1) is 0 Å². The van der Waals surface area contributed by atoms with Crippen LogP contribution < -0.4 is 0 Å². The predicted molar refractivity (Wildman–Crippen MR) is 45.1 cm³/mol. The standard InChI is InChI=1S/C9H11FN2O/c1-6(2)9(13)12-5-7(10)3-8(12)4-11/h3,6,8H,5H2,1-2H3. The summed E-state index contributed by atoms with van der Waals surface area (Å²) in [7, 11) is 0. The number of nitriles is 1. The van der Waals surface area contributed by atoms with Crippen molar-refractivity contribution in [3.8, 4) is 6.07 Å². The molecule has 1 heterocycles. The molecule has 1 aliphatic heterocycles. The van der Waals surface area contributed by atoms with E-state index in [1.54, 1.807) is 13.8 Å². The summed E-state index contributed by atoms with van der Waals surface area (Å²) in [6, 6.07) is 1.14. The van der Waals surface area contributed by atoms with E-state index in [9.17, 15) is 9.18 Å². The van der Waals surface area contributed by atoms with Gasteiger partial charge in [0.15, 0.2) is 0 Å². The molecule has 0 aromatic rings. The maximum Gasteiger partial charge on any atom is 0.226 e. The molecule has 1 rings (SSSR count). The lowest BCUT2D eigenvalue weighted by Gasteiger charge is -2.21. The molecule has 1 amide bonds. The maximum absolute atomic E-state index is 12.8. The molecule has 4 heteroatoms. The van der Waals surface area contributed by atoms with Crippen molar-refractivity contribution < 1.29 is 9.18 Å². The number of hydrogen-bond donors (Lipinski definition) is 0. The zero-order chi connectivity index (χ0) is 10.0. The molecule has 0 spiro atoms. The van der Waals surface area contributed by atoms with Gasteiger partial charge in [-0.05, 0) is 6.08 Å². The van der Waals surface area contributed by atoms with E-state index in [-0.39, 0.29) is 18.4 Å². The first-order chi connectivity index (χ1) is 6.06. The molecule has 0 bridgehead atoms. The van der Waals surface area contributed by atoms with Gasteiger partial charge in [-0.2, -0.15) is 5.26 Å². The summed E-state index contributed by atoms with van der Waals surface area (Å²) in [5.74, 6) is -0.786. The summed E-state index contributed by atoms with van der Waals surface area (Å²) in [6.45, 7) is 3.40. The molecular formula is C9H11FN2O. The fourth-order valence-corrected chi connectivity index (χ4v) is 1.23. The van der Waals surface area contributed by atoms with Crippen LogP contribution in [0.25, 0.3) is 0 Å². The Labute approximate surface area is 76.4 Å². The van der Waals surface area contributed by atoms with E-state index in [2.05, 4.69) is 0 Å². The SMILES string of the molecule is CC(C)C(=O)N1CC(F)=CC1C#N. The molecule has 1 unspecified atom stereocenters. The third-order valence-electron chi connectivity index (χ3n) is 1.91. The third-order valence-corrected chi connectivity index (χ3v) is 1.91. The fourth-order valence-electron chi connectivity index (χ4n) is 1.23. The normalized spacial score (nSPS) is 21.6. The van der Waals surface area contributed by atoms with E-state index in [1.165, 1.54) is 11.0 Å². The van der Waals surface area contributed by atoms with Gasteiger partial charge in [-0.3, -0.25) is 4.79 Å². The van der Waals surface area contributed by atoms with Crippen molar-refractivity contribution in [2.24, 2.45) is 5.92 Å². The van der Waals surface area contributed by atoms with E-state index in [4.69, 9.17) is 5.26 Å². The molecule has 0 aromatic carbocycles. The van der Waals surface area contributed by atoms with Crippen molar-refractivity contribution >= 4 is 5.91 Å². The van der Waals surface area contributed by atoms with Gasteiger partial charge >= 0.3 is 0 Å². The molecule has 0 fully saturated rings. The number of amides is 1. The Morgan fingerprint density at radius 1 is 1.85 bits per heavy atom. The highest BCUT2D eigenvalue weighted by Crippen LogP contribution is 2.18. The zero-order valence-corrected chi connectivity index (χ0v) is 7.62. The second-order valence-electron chi connectivity index (χ2n) is 3.31. The van der Waals surface area contributed by atoms with Gasteiger partial charge < -0.3 is 4.90 Å². The van der Waals surface area contributed by atoms with Crippen LogP contribution in [0, 0.1) is 17.2 Å². The van der Waals surface area contributed by atoms with E-state index < -0.39 is 11.9 Å². The Hall–Kier alpha value is -1.37. The molecule has 13 heavy (non-hydrogen) atoms. The van der Waals surface area contributed by atoms with Gasteiger partial charge in [0.2, 0.25) is 5.91 Å². The number of carbonyl (C=O) groups is 1. The lowest BCUT2D eigenvalue weighted by Crippen LogP contribution is -2.38. The average Bonchev–Trinajstić information content (AvgIpc) is 2.45. The van der Waals surface area contributed by atoms with E-state index >= 15 is 0 Å². The summed E-state index contributed by atoms with van der Waals surface area (Å²) in [5, 5.41) is 8.63. The van der Waals surface area contributed by atoms with Crippen LogP contribution in [-0.2, 0) is 4.79 Å². The summed E-state index contributed by atoms with van der Waals surface area (Å²) >= 11 is 0. The molecule has 0 aliphatic carbocycles. The van der Waals surface area contributed by atoms with Crippen molar-refractivity contribution in [3.05, 3.63) is 11.9 Å². The molecule has 1 aliphatic rings. The maximum atomic E-state index is 12.8. The summed E-state index contributed by atoms with van der Waals surface area (Å²) in [5.41, 5.74) is 0. The molecule has 0 radical (unpaired) electrons. The summed E-state index contributed by atoms with van der Waals surface area (Å²) in [4.78, 5) is 12.7. The first kappa shape index (κ1) is 9.72. The van der Waals surface area contributed by atoms with Crippen LogP contribution in [-0.4, -0.2) is 23.4 Å². The fraction of sp³-hybridized carbons (Fsp3) is 0.556. The van der Waals surface area contributed by atoms with Crippen LogP contribution in [0.15, 0.2) is 11.9 Å². The molecule has 0 aromatic heterocycles. The summed E-state index contributed by atoms with van der Waals surface area (Å²) in [6.07, 6.45) is 1.18. The molecule has 3 nitrogen and oxygen atoms in total. The molecule has 0 N–H and O–H groups in total. The Kier molecular flexibility index (Phi) is 2.66. The van der Waals surface area contributed by atoms with Crippen LogP contribution in [0.2, 0.25) is 0 Å². The van der Waals surface area contributed by atoms with Gasteiger partial charge in [-0.1, -0.05) is 13.8 Å². The number of nitrogens with zero attached hydrogens (tertiary/aromatic N) is 2. The number of rotatable bonds is 1. The smallest absolute Gasteiger partial charge is 0.226 e. The molecule has 0 saturated carbocycles. The second-order valence-corrected chi connectivity index (χ2v) is 3.31. The number of hydrogen-bond acceptors (Lipinski definition) is 2. The first-order valence-corrected chi connectivity index (χ1v) is 4.12. The highest BCUT2D eigenvalue weighted by molar-refractivity contribution is 5.79. The van der Waals surface area contributed by atoms with Crippen LogP contribution in [0.4, 0.5) is 4.39 Å². The Morgan fingerprint density at radius 3 is 2.92 bits per heavy atom. The Bertz CT molecular complexity index is 290. The second kappa shape index (κ2) is 3.56. The highest BCUT2D eigenvalue weighted by atomic mass is 19.1. The molecule has 0 saturated heterocycles. The monoisotopic (exact) mass is 182 g/mol. The zero-order valence-electron chi connectivity index (χ0n) is 7.62. The van der Waals surface area contributed by atoms with Gasteiger partial charge in [0.05, 0.1) is 12.6 Å². The minimum Gasteiger partial charge on any atom is -0.316 e. The third kappa shape index (κ3) is 1.86. The quantitative estimate of drug-likeness (QED) is 0.612. The van der Waals surface area contributed by atoms with Crippen LogP contribution in [0.1, 0.15) is 13.8 Å². The van der Waals surface area contributed by atoms with Gasteiger partial charge in [0.1, 0.15) is 11.9 Å². The van der Waals surface area contributed by atoms with Gasteiger partial charge in [0, 0.05) is 5.92 Å². The van der Waals surface area contributed by atoms with Gasteiger partial charge in [0.25, 0.3) is 0 Å². The van der Waals surface area contributed by atoms with Crippen LogP contribution >= 0.6 is 0 Å². The van der Waals surface area contributed by atoms with Crippen molar-refractivity contribution in [2.45, 2.75) is 19.9 Å². The van der Waals surface area contributed by atoms with Crippen molar-refractivity contribution in [1.82, 2.24) is 4.90 Å². The van der Waals surface area contributed by atoms with E-state index in [0.29, 0.717) is 0 Å².